The van der Waals surface area contributed by atoms with E-state index in [9.17, 15) is 14.7 Å². The van der Waals surface area contributed by atoms with Gasteiger partial charge in [0.2, 0.25) is 0 Å². The van der Waals surface area contributed by atoms with E-state index in [-0.39, 0.29) is 11.0 Å². The van der Waals surface area contributed by atoms with Gasteiger partial charge < -0.3 is 5.11 Å². The number of rotatable bonds is 5. The molecule has 0 bridgehead atoms. The number of amides is 1. The highest BCUT2D eigenvalue weighted by atomic mass is 32.1. The van der Waals surface area contributed by atoms with Crippen LogP contribution >= 0.6 is 11.3 Å². The second-order valence-electron chi connectivity index (χ2n) is 8.63. The van der Waals surface area contributed by atoms with E-state index in [2.05, 4.69) is 25.8 Å². The Hall–Kier alpha value is -3.51. The Morgan fingerprint density at radius 2 is 1.78 bits per heavy atom. The quantitative estimate of drug-likeness (QED) is 0.518. The molecule has 1 aromatic heterocycles. The van der Waals surface area contributed by atoms with E-state index in [0.717, 1.165) is 16.7 Å². The van der Waals surface area contributed by atoms with E-state index in [0.29, 0.717) is 5.13 Å². The lowest BCUT2D eigenvalue weighted by molar-refractivity contribution is -0.117. The van der Waals surface area contributed by atoms with E-state index in [1.54, 1.807) is 17.7 Å². The van der Waals surface area contributed by atoms with Gasteiger partial charge in [0.25, 0.3) is 5.91 Å². The van der Waals surface area contributed by atoms with Crippen LogP contribution in [0.4, 0.5) is 5.13 Å². The maximum atomic E-state index is 13.2. The fourth-order valence-electron chi connectivity index (χ4n) is 3.70. The van der Waals surface area contributed by atoms with Gasteiger partial charge in [-0.1, -0.05) is 81.4 Å². The molecular formula is C26H24N2O3S. The summed E-state index contributed by atoms with van der Waals surface area (Å²) in [5.41, 5.74) is 2.75. The summed E-state index contributed by atoms with van der Waals surface area (Å²) in [5.74, 6) is -1.57. The summed E-state index contributed by atoms with van der Waals surface area (Å²) >= 11 is 1.28. The molecule has 2 heterocycles. The van der Waals surface area contributed by atoms with Crippen molar-refractivity contribution in [2.45, 2.75) is 32.2 Å². The number of aromatic nitrogens is 1. The molecule has 2 aromatic carbocycles. The number of ketones is 1. The van der Waals surface area contributed by atoms with Crippen molar-refractivity contribution in [3.8, 4) is 0 Å². The van der Waals surface area contributed by atoms with Crippen molar-refractivity contribution < 1.29 is 14.7 Å². The average Bonchev–Trinajstić information content (AvgIpc) is 3.39. The molecule has 1 aliphatic heterocycles. The molecule has 0 fully saturated rings. The zero-order valence-electron chi connectivity index (χ0n) is 18.1. The zero-order chi connectivity index (χ0) is 22.9. The van der Waals surface area contributed by atoms with Crippen LogP contribution in [0.3, 0.4) is 0 Å². The number of hydrogen-bond acceptors (Lipinski definition) is 5. The van der Waals surface area contributed by atoms with Gasteiger partial charge in [-0.2, -0.15) is 0 Å². The van der Waals surface area contributed by atoms with Gasteiger partial charge in [0, 0.05) is 11.6 Å². The first-order valence-corrected chi connectivity index (χ1v) is 11.2. The topological polar surface area (TPSA) is 70.5 Å². The van der Waals surface area contributed by atoms with Gasteiger partial charge in [-0.3, -0.25) is 14.5 Å². The van der Waals surface area contributed by atoms with Crippen molar-refractivity contribution in [3.63, 3.8) is 0 Å². The summed E-state index contributed by atoms with van der Waals surface area (Å²) < 4.78 is 0. The Labute approximate surface area is 191 Å². The molecule has 1 amide bonds. The van der Waals surface area contributed by atoms with Crippen LogP contribution in [-0.4, -0.2) is 21.8 Å². The number of thiazole rings is 1. The highest BCUT2D eigenvalue weighted by Crippen LogP contribution is 2.42. The van der Waals surface area contributed by atoms with E-state index in [4.69, 9.17) is 0 Å². The molecule has 0 saturated carbocycles. The third kappa shape index (κ3) is 4.14. The smallest absolute Gasteiger partial charge is 0.296 e. The number of aliphatic hydroxyl groups excluding tert-OH is 1. The first kappa shape index (κ1) is 21.7. The monoisotopic (exact) mass is 444 g/mol. The predicted molar refractivity (Wildman–Crippen MR) is 128 cm³/mol. The molecule has 3 aromatic rings. The lowest BCUT2D eigenvalue weighted by Gasteiger charge is -2.25. The summed E-state index contributed by atoms with van der Waals surface area (Å²) in [4.78, 5) is 31.9. The number of aliphatic hydroxyl groups is 1. The summed E-state index contributed by atoms with van der Waals surface area (Å²) in [7, 11) is 0. The third-order valence-electron chi connectivity index (χ3n) is 5.42. The van der Waals surface area contributed by atoms with E-state index in [1.165, 1.54) is 22.3 Å². The first-order valence-electron chi connectivity index (χ1n) is 10.3. The maximum absolute atomic E-state index is 13.2. The molecule has 4 rings (SSSR count). The molecule has 32 heavy (non-hydrogen) atoms. The standard InChI is InChI=1S/C26H24N2O3S/c1-26(2,3)19-12-10-18(11-13-19)22-21(20(29)14-9-17-7-5-4-6-8-17)23(30)24(31)28(22)25-27-15-16-32-25/h4-16,22,30H,1-3H3/b14-9+. The van der Waals surface area contributed by atoms with Gasteiger partial charge in [0.15, 0.2) is 16.7 Å². The molecule has 1 atom stereocenters. The predicted octanol–water partition coefficient (Wildman–Crippen LogP) is 5.62. The molecule has 1 N–H and O–H groups in total. The van der Waals surface area contributed by atoms with E-state index in [1.807, 2.05) is 54.6 Å². The summed E-state index contributed by atoms with van der Waals surface area (Å²) in [5, 5.41) is 12.9. The Balaban J connectivity index is 1.76. The number of carbonyl (C=O) groups is 2. The minimum atomic E-state index is -0.754. The van der Waals surface area contributed by atoms with Gasteiger partial charge in [0.05, 0.1) is 11.6 Å². The van der Waals surface area contributed by atoms with Gasteiger partial charge in [-0.15, -0.1) is 11.3 Å². The van der Waals surface area contributed by atoms with Crippen LogP contribution in [0.2, 0.25) is 0 Å². The van der Waals surface area contributed by atoms with Crippen molar-refractivity contribution in [1.82, 2.24) is 4.98 Å². The molecule has 5 nitrogen and oxygen atoms in total. The molecule has 0 spiro atoms. The van der Waals surface area contributed by atoms with Crippen molar-refractivity contribution in [1.29, 1.82) is 0 Å². The Kier molecular flexibility index (Phi) is 5.80. The summed E-state index contributed by atoms with van der Waals surface area (Å²) in [6.07, 6.45) is 4.67. The lowest BCUT2D eigenvalue weighted by atomic mass is 9.85. The van der Waals surface area contributed by atoms with Crippen molar-refractivity contribution >= 4 is 34.2 Å². The number of nitrogens with zero attached hydrogens (tertiary/aromatic N) is 2. The van der Waals surface area contributed by atoms with Gasteiger partial charge in [-0.05, 0) is 28.2 Å². The van der Waals surface area contributed by atoms with Crippen molar-refractivity contribution in [3.05, 3.63) is 100 Å². The Bertz CT molecular complexity index is 1190. The minimum Gasteiger partial charge on any atom is -0.503 e. The second-order valence-corrected chi connectivity index (χ2v) is 9.51. The molecule has 1 aliphatic rings. The number of hydrogen-bond donors (Lipinski definition) is 1. The Morgan fingerprint density at radius 1 is 1.09 bits per heavy atom. The van der Waals surface area contributed by atoms with Crippen LogP contribution in [0, 0.1) is 0 Å². The molecule has 0 saturated heterocycles. The van der Waals surface area contributed by atoms with Crippen LogP contribution in [-0.2, 0) is 15.0 Å². The molecule has 0 aliphatic carbocycles. The van der Waals surface area contributed by atoms with Gasteiger partial charge in [0.1, 0.15) is 0 Å². The van der Waals surface area contributed by atoms with Crippen molar-refractivity contribution in [2.24, 2.45) is 0 Å². The Morgan fingerprint density at radius 3 is 2.38 bits per heavy atom. The number of anilines is 1. The second kappa shape index (κ2) is 8.55. The van der Waals surface area contributed by atoms with Crippen molar-refractivity contribution in [2.75, 3.05) is 4.90 Å². The van der Waals surface area contributed by atoms with Gasteiger partial charge in [-0.25, -0.2) is 4.98 Å². The number of carbonyl (C=O) groups excluding carboxylic acids is 2. The normalized spacial score (nSPS) is 16.9. The molecule has 6 heteroatoms. The number of benzene rings is 2. The SMILES string of the molecule is CC(C)(C)c1ccc(C2C(C(=O)/C=C/c3ccccc3)=C(O)C(=O)N2c2nccs2)cc1. The molecule has 0 radical (unpaired) electrons. The van der Waals surface area contributed by atoms with Crippen LogP contribution in [0.5, 0.6) is 0 Å². The molecular weight excluding hydrogens is 420 g/mol. The highest BCUT2D eigenvalue weighted by molar-refractivity contribution is 7.13. The summed E-state index contributed by atoms with van der Waals surface area (Å²) in [6, 6.07) is 16.5. The highest BCUT2D eigenvalue weighted by Gasteiger charge is 2.44. The molecule has 1 unspecified atom stereocenters. The van der Waals surface area contributed by atoms with Crippen LogP contribution in [0.25, 0.3) is 6.08 Å². The molecule has 162 valence electrons. The fraction of sp³-hybridized carbons (Fsp3) is 0.192. The van der Waals surface area contributed by atoms with Crippen LogP contribution in [0.15, 0.2) is 83.6 Å². The number of allylic oxidation sites excluding steroid dienone is 1. The maximum Gasteiger partial charge on any atom is 0.296 e. The summed E-state index contributed by atoms with van der Waals surface area (Å²) in [6.45, 7) is 6.37. The first-order chi connectivity index (χ1) is 15.3. The van der Waals surface area contributed by atoms with E-state index >= 15 is 0 Å². The lowest BCUT2D eigenvalue weighted by Crippen LogP contribution is -2.30. The van der Waals surface area contributed by atoms with E-state index < -0.39 is 23.5 Å². The van der Waals surface area contributed by atoms with Crippen LogP contribution in [0.1, 0.15) is 43.5 Å². The van der Waals surface area contributed by atoms with Crippen LogP contribution < -0.4 is 4.90 Å². The van der Waals surface area contributed by atoms with Gasteiger partial charge >= 0.3 is 0 Å². The fourth-order valence-corrected chi connectivity index (χ4v) is 4.36. The average molecular weight is 445 g/mol. The minimum absolute atomic E-state index is 0.0337. The zero-order valence-corrected chi connectivity index (χ0v) is 19.0. The largest absolute Gasteiger partial charge is 0.503 e. The third-order valence-corrected chi connectivity index (χ3v) is 6.19.